The number of hydrogen-bond donors (Lipinski definition) is 1. The smallest absolute Gasteiger partial charge is 0.228 e. The average molecular weight is 211 g/mol. The molecule has 0 amide bonds. The zero-order chi connectivity index (χ0) is 10.8. The van der Waals surface area contributed by atoms with Gasteiger partial charge in [-0.2, -0.15) is 4.98 Å². The van der Waals surface area contributed by atoms with Crippen LogP contribution in [0.15, 0.2) is 4.52 Å². The molecule has 1 aliphatic rings. The molecule has 2 rings (SSSR count). The van der Waals surface area contributed by atoms with Crippen molar-refractivity contribution < 1.29 is 9.26 Å². The summed E-state index contributed by atoms with van der Waals surface area (Å²) < 4.78 is 10.5. The van der Waals surface area contributed by atoms with Crippen LogP contribution >= 0.6 is 0 Å². The monoisotopic (exact) mass is 211 g/mol. The quantitative estimate of drug-likeness (QED) is 0.788. The Morgan fingerprint density at radius 2 is 2.33 bits per heavy atom. The van der Waals surface area contributed by atoms with E-state index < -0.39 is 0 Å². The Labute approximate surface area is 89.0 Å². The highest BCUT2D eigenvalue weighted by molar-refractivity contribution is 4.98. The first kappa shape index (κ1) is 10.6. The third kappa shape index (κ3) is 2.54. The number of nitrogens with two attached hydrogens (primary N) is 1. The molecule has 1 aromatic rings. The molecule has 1 aromatic heterocycles. The third-order valence-electron chi connectivity index (χ3n) is 2.54. The summed E-state index contributed by atoms with van der Waals surface area (Å²) in [6.45, 7) is 1.92. The Kier molecular flexibility index (Phi) is 3.02. The van der Waals surface area contributed by atoms with Crippen molar-refractivity contribution in [3.05, 3.63) is 11.7 Å². The fourth-order valence-corrected chi connectivity index (χ4v) is 1.65. The van der Waals surface area contributed by atoms with Crippen LogP contribution in [0.1, 0.15) is 37.6 Å². The van der Waals surface area contributed by atoms with Crippen molar-refractivity contribution in [3.63, 3.8) is 0 Å². The molecule has 1 aliphatic carbocycles. The molecule has 0 bridgehead atoms. The van der Waals surface area contributed by atoms with Crippen molar-refractivity contribution >= 4 is 0 Å². The molecular weight excluding hydrogens is 194 g/mol. The zero-order valence-corrected chi connectivity index (χ0v) is 9.14. The molecule has 15 heavy (non-hydrogen) atoms. The van der Waals surface area contributed by atoms with Gasteiger partial charge in [0.25, 0.3) is 0 Å². The summed E-state index contributed by atoms with van der Waals surface area (Å²) in [5, 5.41) is 3.94. The van der Waals surface area contributed by atoms with Crippen molar-refractivity contribution in [2.24, 2.45) is 11.7 Å². The lowest BCUT2D eigenvalue weighted by atomic mass is 10.2. The topological polar surface area (TPSA) is 74.2 Å². The number of aromatic nitrogens is 2. The summed E-state index contributed by atoms with van der Waals surface area (Å²) in [6, 6.07) is 0.0419. The lowest BCUT2D eigenvalue weighted by molar-refractivity contribution is 0.0751. The van der Waals surface area contributed by atoms with E-state index in [1.165, 1.54) is 12.8 Å². The Hall–Kier alpha value is -0.940. The van der Waals surface area contributed by atoms with Gasteiger partial charge >= 0.3 is 0 Å². The number of hydrogen-bond acceptors (Lipinski definition) is 5. The van der Waals surface area contributed by atoms with Gasteiger partial charge in [-0.3, -0.25) is 0 Å². The summed E-state index contributed by atoms with van der Waals surface area (Å²) in [4.78, 5) is 4.30. The van der Waals surface area contributed by atoms with E-state index >= 15 is 0 Å². The first-order valence-electron chi connectivity index (χ1n) is 5.31. The van der Waals surface area contributed by atoms with E-state index in [0.29, 0.717) is 24.1 Å². The standard InChI is InChI=1S/C10H17N3O2/c1-6(11)5-8-12-10(13-15-8)9(14-2)7-3-4-7/h6-7,9H,3-5,11H2,1-2H3. The maximum absolute atomic E-state index is 5.66. The molecular formula is C10H17N3O2. The maximum Gasteiger partial charge on any atom is 0.228 e. The highest BCUT2D eigenvalue weighted by Gasteiger charge is 2.35. The molecule has 2 N–H and O–H groups in total. The Morgan fingerprint density at radius 3 is 2.87 bits per heavy atom. The highest BCUT2D eigenvalue weighted by atomic mass is 16.5. The van der Waals surface area contributed by atoms with Gasteiger partial charge in [-0.15, -0.1) is 0 Å². The van der Waals surface area contributed by atoms with E-state index in [1.54, 1.807) is 7.11 Å². The molecule has 0 radical (unpaired) electrons. The SMILES string of the molecule is COC(c1noc(CC(C)N)n1)C1CC1. The molecule has 0 spiro atoms. The van der Waals surface area contributed by atoms with Crippen molar-refractivity contribution in [2.75, 3.05) is 7.11 Å². The normalized spacial score (nSPS) is 20.2. The van der Waals surface area contributed by atoms with Gasteiger partial charge in [-0.05, 0) is 25.7 Å². The maximum atomic E-state index is 5.66. The van der Waals surface area contributed by atoms with E-state index in [0.717, 1.165) is 0 Å². The number of nitrogens with zero attached hydrogens (tertiary/aromatic N) is 2. The van der Waals surface area contributed by atoms with Crippen LogP contribution < -0.4 is 5.73 Å². The van der Waals surface area contributed by atoms with Gasteiger partial charge in [-0.25, -0.2) is 0 Å². The molecule has 0 aromatic carbocycles. The van der Waals surface area contributed by atoms with Gasteiger partial charge < -0.3 is 15.0 Å². The van der Waals surface area contributed by atoms with Crippen LogP contribution in [0.4, 0.5) is 0 Å². The van der Waals surface area contributed by atoms with Crippen LogP contribution in [0.5, 0.6) is 0 Å². The van der Waals surface area contributed by atoms with E-state index in [2.05, 4.69) is 10.1 Å². The highest BCUT2D eigenvalue weighted by Crippen LogP contribution is 2.41. The summed E-state index contributed by atoms with van der Waals surface area (Å²) in [6.07, 6.45) is 3.00. The minimum atomic E-state index is -0.00409. The van der Waals surface area contributed by atoms with Crippen LogP contribution in [0.2, 0.25) is 0 Å². The van der Waals surface area contributed by atoms with E-state index in [9.17, 15) is 0 Å². The molecule has 1 fully saturated rings. The number of rotatable bonds is 5. The Bertz CT molecular complexity index is 320. The molecule has 0 aliphatic heterocycles. The molecule has 84 valence electrons. The fraction of sp³-hybridized carbons (Fsp3) is 0.800. The Balaban J connectivity index is 2.04. The summed E-state index contributed by atoms with van der Waals surface area (Å²) in [5.41, 5.74) is 5.66. The van der Waals surface area contributed by atoms with Crippen LogP contribution in [-0.2, 0) is 11.2 Å². The minimum Gasteiger partial charge on any atom is -0.373 e. The third-order valence-corrected chi connectivity index (χ3v) is 2.54. The molecule has 2 atom stereocenters. The van der Waals surface area contributed by atoms with Crippen LogP contribution in [0, 0.1) is 5.92 Å². The van der Waals surface area contributed by atoms with Crippen molar-refractivity contribution in [2.45, 2.75) is 38.3 Å². The van der Waals surface area contributed by atoms with E-state index in [-0.39, 0.29) is 12.1 Å². The van der Waals surface area contributed by atoms with Crippen molar-refractivity contribution in [1.29, 1.82) is 0 Å². The van der Waals surface area contributed by atoms with Gasteiger partial charge in [0.05, 0.1) is 0 Å². The van der Waals surface area contributed by atoms with Crippen molar-refractivity contribution in [3.8, 4) is 0 Å². The fourth-order valence-electron chi connectivity index (χ4n) is 1.65. The van der Waals surface area contributed by atoms with Gasteiger partial charge in [-0.1, -0.05) is 5.16 Å². The zero-order valence-electron chi connectivity index (χ0n) is 9.14. The molecule has 1 heterocycles. The van der Waals surface area contributed by atoms with E-state index in [1.807, 2.05) is 6.92 Å². The van der Waals surface area contributed by atoms with Gasteiger partial charge in [0, 0.05) is 19.6 Å². The lowest BCUT2D eigenvalue weighted by Gasteiger charge is -2.08. The number of ether oxygens (including phenoxy) is 1. The first-order valence-corrected chi connectivity index (χ1v) is 5.31. The second-order valence-corrected chi connectivity index (χ2v) is 4.22. The minimum absolute atomic E-state index is 0.00409. The second kappa shape index (κ2) is 4.28. The summed E-state index contributed by atoms with van der Waals surface area (Å²) in [5.74, 6) is 1.83. The van der Waals surface area contributed by atoms with Gasteiger partial charge in [0.1, 0.15) is 6.10 Å². The van der Waals surface area contributed by atoms with Crippen molar-refractivity contribution in [1.82, 2.24) is 10.1 Å². The van der Waals surface area contributed by atoms with Gasteiger partial charge in [0.15, 0.2) is 0 Å². The largest absolute Gasteiger partial charge is 0.373 e. The van der Waals surface area contributed by atoms with Crippen LogP contribution in [-0.4, -0.2) is 23.3 Å². The summed E-state index contributed by atoms with van der Waals surface area (Å²) in [7, 11) is 1.69. The lowest BCUT2D eigenvalue weighted by Crippen LogP contribution is -2.18. The van der Waals surface area contributed by atoms with Crippen LogP contribution in [0.3, 0.4) is 0 Å². The van der Waals surface area contributed by atoms with E-state index in [4.69, 9.17) is 15.0 Å². The molecule has 2 unspecified atom stereocenters. The molecule has 0 saturated heterocycles. The predicted molar refractivity (Wildman–Crippen MR) is 54.1 cm³/mol. The number of methoxy groups -OCH3 is 1. The predicted octanol–water partition coefficient (Wildman–Crippen LogP) is 1.06. The second-order valence-electron chi connectivity index (χ2n) is 4.22. The van der Waals surface area contributed by atoms with Crippen LogP contribution in [0.25, 0.3) is 0 Å². The average Bonchev–Trinajstić information content (AvgIpc) is 2.89. The molecule has 1 saturated carbocycles. The summed E-state index contributed by atoms with van der Waals surface area (Å²) >= 11 is 0. The molecule has 5 nitrogen and oxygen atoms in total. The molecule has 5 heteroatoms. The van der Waals surface area contributed by atoms with Gasteiger partial charge in [0.2, 0.25) is 11.7 Å². The first-order chi connectivity index (χ1) is 7.20. The Morgan fingerprint density at radius 1 is 1.60 bits per heavy atom.